The summed E-state index contributed by atoms with van der Waals surface area (Å²) in [7, 11) is 0. The summed E-state index contributed by atoms with van der Waals surface area (Å²) >= 11 is 3.48. The Balaban J connectivity index is 1.82. The van der Waals surface area contributed by atoms with Crippen molar-refractivity contribution in [1.29, 1.82) is 0 Å². The molecule has 1 N–H and O–H groups in total. The summed E-state index contributed by atoms with van der Waals surface area (Å²) < 4.78 is 11.9. The van der Waals surface area contributed by atoms with E-state index in [1.54, 1.807) is 6.07 Å². The molecule has 5 heteroatoms. The number of rotatable bonds is 4. The van der Waals surface area contributed by atoms with Crippen LogP contribution in [0.2, 0.25) is 0 Å². The third-order valence-corrected chi connectivity index (χ3v) is 4.47. The van der Waals surface area contributed by atoms with E-state index >= 15 is 0 Å². The molecule has 0 aromatic heterocycles. The van der Waals surface area contributed by atoms with E-state index in [0.717, 1.165) is 16.5 Å². The van der Waals surface area contributed by atoms with E-state index in [1.165, 1.54) is 0 Å². The fourth-order valence-electron chi connectivity index (χ4n) is 2.64. The Bertz CT molecular complexity index is 703. The highest BCUT2D eigenvalue weighted by molar-refractivity contribution is 9.10. The molecule has 1 aliphatic rings. The van der Waals surface area contributed by atoms with Gasteiger partial charge in [-0.15, -0.1) is 0 Å². The Morgan fingerprint density at radius 2 is 1.83 bits per heavy atom. The molecular formula is C18H18BrNO3. The van der Waals surface area contributed by atoms with Crippen molar-refractivity contribution in [1.82, 2.24) is 0 Å². The number of benzene rings is 2. The molecule has 0 saturated carbocycles. The normalized spacial score (nSPS) is 14.2. The van der Waals surface area contributed by atoms with Crippen molar-refractivity contribution < 1.29 is 14.3 Å². The predicted octanol–water partition coefficient (Wildman–Crippen LogP) is 4.35. The molecule has 2 aromatic carbocycles. The van der Waals surface area contributed by atoms with Crippen molar-refractivity contribution in [3.63, 3.8) is 0 Å². The second-order valence-corrected chi connectivity index (χ2v) is 6.19. The van der Waals surface area contributed by atoms with Gasteiger partial charge in [-0.2, -0.15) is 0 Å². The van der Waals surface area contributed by atoms with Crippen LogP contribution in [0.15, 0.2) is 46.9 Å². The Labute approximate surface area is 143 Å². The smallest absolute Gasteiger partial charge is 0.231 e. The molecular weight excluding hydrogens is 358 g/mol. The fourth-order valence-corrected chi connectivity index (χ4v) is 3.06. The average molecular weight is 376 g/mol. The van der Waals surface area contributed by atoms with Crippen LogP contribution in [-0.2, 0) is 4.79 Å². The number of halogens is 1. The predicted molar refractivity (Wildman–Crippen MR) is 93.2 cm³/mol. The third-order valence-electron chi connectivity index (χ3n) is 3.82. The van der Waals surface area contributed by atoms with E-state index < -0.39 is 0 Å². The van der Waals surface area contributed by atoms with Crippen molar-refractivity contribution in [3.8, 4) is 11.5 Å². The quantitative estimate of drug-likeness (QED) is 0.863. The number of anilines is 1. The van der Waals surface area contributed by atoms with Gasteiger partial charge >= 0.3 is 0 Å². The highest BCUT2D eigenvalue weighted by Crippen LogP contribution is 2.38. The SMILES string of the molecule is CCC(C(=O)Nc1cc2c(cc1Br)OCCO2)c1ccccc1. The lowest BCUT2D eigenvalue weighted by Gasteiger charge is -2.21. The van der Waals surface area contributed by atoms with Crippen LogP contribution in [0.1, 0.15) is 24.8 Å². The number of carbonyl (C=O) groups excluding carboxylic acids is 1. The number of carbonyl (C=O) groups is 1. The number of hydrogen-bond donors (Lipinski definition) is 1. The van der Waals surface area contributed by atoms with Gasteiger partial charge in [0.05, 0.1) is 11.6 Å². The Morgan fingerprint density at radius 3 is 2.48 bits per heavy atom. The molecule has 23 heavy (non-hydrogen) atoms. The Morgan fingerprint density at radius 1 is 1.17 bits per heavy atom. The second kappa shape index (κ2) is 7.04. The van der Waals surface area contributed by atoms with Crippen LogP contribution < -0.4 is 14.8 Å². The van der Waals surface area contributed by atoms with Crippen LogP contribution in [0.25, 0.3) is 0 Å². The molecule has 1 amide bonds. The van der Waals surface area contributed by atoms with E-state index in [4.69, 9.17) is 9.47 Å². The topological polar surface area (TPSA) is 47.6 Å². The van der Waals surface area contributed by atoms with Gasteiger partial charge in [-0.3, -0.25) is 4.79 Å². The summed E-state index contributed by atoms with van der Waals surface area (Å²) in [6.07, 6.45) is 0.734. The molecule has 0 fully saturated rings. The molecule has 120 valence electrons. The van der Waals surface area contributed by atoms with Gasteiger partial charge in [0.15, 0.2) is 11.5 Å². The average Bonchev–Trinajstić information content (AvgIpc) is 2.57. The lowest BCUT2D eigenvalue weighted by molar-refractivity contribution is -0.117. The van der Waals surface area contributed by atoms with E-state index in [9.17, 15) is 4.79 Å². The molecule has 1 aliphatic heterocycles. The van der Waals surface area contributed by atoms with Crippen LogP contribution in [-0.4, -0.2) is 19.1 Å². The molecule has 0 bridgehead atoms. The first-order valence-electron chi connectivity index (χ1n) is 7.64. The standard InChI is InChI=1S/C18H18BrNO3/c1-2-13(12-6-4-3-5-7-12)18(21)20-15-11-17-16(10-14(15)19)22-8-9-23-17/h3-7,10-11,13H,2,8-9H2,1H3,(H,20,21). The van der Waals surface area contributed by atoms with Gasteiger partial charge in [0.2, 0.25) is 5.91 Å². The molecule has 0 radical (unpaired) electrons. The summed E-state index contributed by atoms with van der Waals surface area (Å²) in [5.41, 5.74) is 1.70. The molecule has 0 spiro atoms. The van der Waals surface area contributed by atoms with Crippen molar-refractivity contribution in [3.05, 3.63) is 52.5 Å². The van der Waals surface area contributed by atoms with Crippen LogP contribution >= 0.6 is 15.9 Å². The van der Waals surface area contributed by atoms with Gasteiger partial charge in [-0.25, -0.2) is 0 Å². The Kier molecular flexibility index (Phi) is 4.86. The fraction of sp³-hybridized carbons (Fsp3) is 0.278. The largest absolute Gasteiger partial charge is 0.486 e. The lowest BCUT2D eigenvalue weighted by Crippen LogP contribution is -2.21. The first kappa shape index (κ1) is 15.9. The van der Waals surface area contributed by atoms with Crippen LogP contribution in [0.4, 0.5) is 5.69 Å². The van der Waals surface area contributed by atoms with Crippen molar-refractivity contribution in [2.75, 3.05) is 18.5 Å². The maximum atomic E-state index is 12.7. The van der Waals surface area contributed by atoms with Gasteiger partial charge in [-0.1, -0.05) is 37.3 Å². The minimum atomic E-state index is -0.184. The summed E-state index contributed by atoms with van der Waals surface area (Å²) in [6.45, 7) is 3.07. The molecule has 1 heterocycles. The monoisotopic (exact) mass is 375 g/mol. The molecule has 2 aromatic rings. The lowest BCUT2D eigenvalue weighted by atomic mass is 9.95. The van der Waals surface area contributed by atoms with Crippen molar-refractivity contribution in [2.24, 2.45) is 0 Å². The minimum Gasteiger partial charge on any atom is -0.486 e. The van der Waals surface area contributed by atoms with Crippen LogP contribution in [0, 0.1) is 0 Å². The van der Waals surface area contributed by atoms with Gasteiger partial charge in [-0.05, 0) is 27.9 Å². The summed E-state index contributed by atoms with van der Waals surface area (Å²) in [4.78, 5) is 12.7. The summed E-state index contributed by atoms with van der Waals surface area (Å²) in [5.74, 6) is 1.13. The zero-order valence-corrected chi connectivity index (χ0v) is 14.4. The highest BCUT2D eigenvalue weighted by Gasteiger charge is 2.21. The number of ether oxygens (including phenoxy) is 2. The Hall–Kier alpha value is -2.01. The minimum absolute atomic E-state index is 0.0314. The maximum absolute atomic E-state index is 12.7. The zero-order chi connectivity index (χ0) is 16.2. The van der Waals surface area contributed by atoms with Crippen LogP contribution in [0.3, 0.4) is 0 Å². The van der Waals surface area contributed by atoms with Gasteiger partial charge in [0.1, 0.15) is 13.2 Å². The first-order chi connectivity index (χ1) is 11.2. The van der Waals surface area contributed by atoms with Crippen LogP contribution in [0.5, 0.6) is 11.5 Å². The third kappa shape index (κ3) is 3.50. The molecule has 3 rings (SSSR count). The van der Waals surface area contributed by atoms with Gasteiger partial charge in [0.25, 0.3) is 0 Å². The molecule has 1 unspecified atom stereocenters. The number of fused-ring (bicyclic) bond motifs is 1. The summed E-state index contributed by atoms with van der Waals surface area (Å²) in [6, 6.07) is 13.4. The maximum Gasteiger partial charge on any atom is 0.231 e. The molecule has 4 nitrogen and oxygen atoms in total. The molecule has 0 saturated heterocycles. The van der Waals surface area contributed by atoms with Crippen molar-refractivity contribution in [2.45, 2.75) is 19.3 Å². The molecule has 0 aliphatic carbocycles. The number of hydrogen-bond acceptors (Lipinski definition) is 3. The number of nitrogens with one attached hydrogen (secondary N) is 1. The number of amides is 1. The second-order valence-electron chi connectivity index (χ2n) is 5.34. The first-order valence-corrected chi connectivity index (χ1v) is 8.43. The van der Waals surface area contributed by atoms with E-state index in [-0.39, 0.29) is 11.8 Å². The zero-order valence-electron chi connectivity index (χ0n) is 12.8. The molecule has 1 atom stereocenters. The van der Waals surface area contributed by atoms with Gasteiger partial charge in [0, 0.05) is 16.6 Å². The van der Waals surface area contributed by atoms with E-state index in [0.29, 0.717) is 30.4 Å². The van der Waals surface area contributed by atoms with E-state index in [2.05, 4.69) is 21.2 Å². The van der Waals surface area contributed by atoms with Crippen molar-refractivity contribution >= 4 is 27.5 Å². The van der Waals surface area contributed by atoms with Gasteiger partial charge < -0.3 is 14.8 Å². The van der Waals surface area contributed by atoms with E-state index in [1.807, 2.05) is 43.3 Å². The summed E-state index contributed by atoms with van der Waals surface area (Å²) in [5, 5.41) is 2.99. The highest BCUT2D eigenvalue weighted by atomic mass is 79.9.